The van der Waals surface area contributed by atoms with Crippen LogP contribution in [0.1, 0.15) is 35.5 Å². The number of nitrogens with one attached hydrogen (secondary N) is 1. The summed E-state index contributed by atoms with van der Waals surface area (Å²) >= 11 is 0. The number of aromatic amines is 1. The molecule has 1 aromatic carbocycles. The van der Waals surface area contributed by atoms with Crippen molar-refractivity contribution in [2.45, 2.75) is 26.4 Å². The average Bonchev–Trinajstić information content (AvgIpc) is 2.81. The predicted octanol–water partition coefficient (Wildman–Crippen LogP) is 2.36. The van der Waals surface area contributed by atoms with Crippen molar-refractivity contribution in [1.29, 1.82) is 0 Å². The van der Waals surface area contributed by atoms with Crippen LogP contribution in [-0.4, -0.2) is 15.1 Å². The Labute approximate surface area is 95.2 Å². The van der Waals surface area contributed by atoms with E-state index >= 15 is 0 Å². The number of aryl methyl sites for hydroxylation is 2. The first kappa shape index (κ1) is 10.9. The zero-order chi connectivity index (χ0) is 11.5. The second-order valence-corrected chi connectivity index (χ2v) is 3.88. The van der Waals surface area contributed by atoms with E-state index in [9.17, 15) is 5.11 Å². The van der Waals surface area contributed by atoms with Crippen molar-refractivity contribution >= 4 is 0 Å². The first-order valence-electron chi connectivity index (χ1n) is 5.49. The Morgan fingerprint density at radius 2 is 2.25 bits per heavy atom. The van der Waals surface area contributed by atoms with Gasteiger partial charge in [0.2, 0.25) is 0 Å². The van der Waals surface area contributed by atoms with Crippen LogP contribution in [0.25, 0.3) is 0 Å². The summed E-state index contributed by atoms with van der Waals surface area (Å²) in [6, 6.07) is 6.08. The van der Waals surface area contributed by atoms with Crippen molar-refractivity contribution in [3.8, 4) is 0 Å². The Morgan fingerprint density at radius 3 is 2.88 bits per heavy atom. The molecule has 0 fully saturated rings. The van der Waals surface area contributed by atoms with E-state index in [1.807, 2.05) is 19.1 Å². The molecule has 0 aliphatic rings. The highest BCUT2D eigenvalue weighted by atomic mass is 16.3. The summed E-state index contributed by atoms with van der Waals surface area (Å²) in [6.45, 7) is 4.10. The van der Waals surface area contributed by atoms with Gasteiger partial charge < -0.3 is 10.1 Å². The minimum absolute atomic E-state index is 0.601. The highest BCUT2D eigenvalue weighted by molar-refractivity contribution is 5.38. The molecule has 1 aromatic heterocycles. The fraction of sp³-hybridized carbons (Fsp3) is 0.308. The van der Waals surface area contributed by atoms with Crippen LogP contribution >= 0.6 is 0 Å². The van der Waals surface area contributed by atoms with Crippen LogP contribution in [0.5, 0.6) is 0 Å². The van der Waals surface area contributed by atoms with Crippen LogP contribution in [-0.2, 0) is 6.42 Å². The molecule has 0 saturated carbocycles. The van der Waals surface area contributed by atoms with E-state index in [0.717, 1.165) is 17.5 Å². The lowest BCUT2D eigenvalue weighted by Crippen LogP contribution is -2.07. The number of imidazole rings is 1. The molecule has 0 amide bonds. The first-order chi connectivity index (χ1) is 7.74. The molecule has 0 saturated heterocycles. The van der Waals surface area contributed by atoms with Crippen molar-refractivity contribution < 1.29 is 5.11 Å². The topological polar surface area (TPSA) is 48.9 Å². The Morgan fingerprint density at radius 1 is 1.44 bits per heavy atom. The van der Waals surface area contributed by atoms with Gasteiger partial charge in [0.05, 0.1) is 0 Å². The Kier molecular flexibility index (Phi) is 3.06. The van der Waals surface area contributed by atoms with Crippen LogP contribution in [0.3, 0.4) is 0 Å². The fourth-order valence-electron chi connectivity index (χ4n) is 2.00. The van der Waals surface area contributed by atoms with Crippen LogP contribution < -0.4 is 0 Å². The second-order valence-electron chi connectivity index (χ2n) is 3.88. The summed E-state index contributed by atoms with van der Waals surface area (Å²) in [4.78, 5) is 7.06. The fourth-order valence-corrected chi connectivity index (χ4v) is 2.00. The lowest BCUT2D eigenvalue weighted by Gasteiger charge is -2.15. The Bertz CT molecular complexity index is 463. The zero-order valence-electron chi connectivity index (χ0n) is 9.57. The third-order valence-corrected chi connectivity index (χ3v) is 2.85. The van der Waals surface area contributed by atoms with Gasteiger partial charge in [0.25, 0.3) is 0 Å². The summed E-state index contributed by atoms with van der Waals surface area (Å²) in [7, 11) is 0. The predicted molar refractivity (Wildman–Crippen MR) is 63.2 cm³/mol. The molecule has 84 valence electrons. The summed E-state index contributed by atoms with van der Waals surface area (Å²) in [6.07, 6.45) is 3.63. The maximum absolute atomic E-state index is 10.3. The molecule has 16 heavy (non-hydrogen) atoms. The number of hydrogen-bond donors (Lipinski definition) is 2. The Hall–Kier alpha value is -1.61. The number of H-pyrrole nitrogens is 1. The molecule has 1 unspecified atom stereocenters. The molecule has 0 spiro atoms. The van der Waals surface area contributed by atoms with Crippen LogP contribution in [0.15, 0.2) is 30.6 Å². The third-order valence-electron chi connectivity index (χ3n) is 2.85. The number of rotatable bonds is 3. The van der Waals surface area contributed by atoms with Crippen molar-refractivity contribution in [1.82, 2.24) is 9.97 Å². The van der Waals surface area contributed by atoms with Gasteiger partial charge in [-0.05, 0) is 30.0 Å². The second kappa shape index (κ2) is 4.49. The summed E-state index contributed by atoms with van der Waals surface area (Å²) in [5.74, 6) is 0.601. The van der Waals surface area contributed by atoms with Gasteiger partial charge in [0.15, 0.2) is 0 Å². The van der Waals surface area contributed by atoms with E-state index in [4.69, 9.17) is 0 Å². The molecule has 0 aliphatic heterocycles. The van der Waals surface area contributed by atoms with Gasteiger partial charge in [0, 0.05) is 12.4 Å². The number of benzene rings is 1. The van der Waals surface area contributed by atoms with E-state index in [0.29, 0.717) is 5.82 Å². The highest BCUT2D eigenvalue weighted by Gasteiger charge is 2.17. The molecule has 3 nitrogen and oxygen atoms in total. The molecular formula is C13H16N2O. The Balaban J connectivity index is 2.47. The lowest BCUT2D eigenvalue weighted by molar-refractivity contribution is 0.209. The minimum atomic E-state index is -0.661. The molecular weight excluding hydrogens is 200 g/mol. The molecule has 1 heterocycles. The number of aliphatic hydroxyl groups is 1. The quantitative estimate of drug-likeness (QED) is 0.827. The normalized spacial score (nSPS) is 12.7. The van der Waals surface area contributed by atoms with Crippen LogP contribution in [0, 0.1) is 6.92 Å². The molecule has 0 radical (unpaired) electrons. The van der Waals surface area contributed by atoms with E-state index in [-0.39, 0.29) is 0 Å². The van der Waals surface area contributed by atoms with Gasteiger partial charge in [-0.3, -0.25) is 0 Å². The molecule has 2 aromatic rings. The van der Waals surface area contributed by atoms with E-state index in [1.165, 1.54) is 5.56 Å². The summed E-state index contributed by atoms with van der Waals surface area (Å²) < 4.78 is 0. The molecule has 3 heteroatoms. The largest absolute Gasteiger partial charge is 0.380 e. The van der Waals surface area contributed by atoms with Crippen molar-refractivity contribution in [2.75, 3.05) is 0 Å². The van der Waals surface area contributed by atoms with E-state index < -0.39 is 6.10 Å². The standard InChI is InChI=1S/C13H16N2O/c1-3-10-6-4-5-9(2)11(10)12(16)13-14-7-8-15-13/h4-8,12,16H,3H2,1-2H3,(H,14,15). The number of nitrogens with zero attached hydrogens (tertiary/aromatic N) is 1. The summed E-state index contributed by atoms with van der Waals surface area (Å²) in [5, 5.41) is 10.3. The van der Waals surface area contributed by atoms with Gasteiger partial charge in [-0.15, -0.1) is 0 Å². The molecule has 2 rings (SSSR count). The number of aromatic nitrogens is 2. The number of aliphatic hydroxyl groups excluding tert-OH is 1. The highest BCUT2D eigenvalue weighted by Crippen LogP contribution is 2.26. The van der Waals surface area contributed by atoms with Crippen molar-refractivity contribution in [3.63, 3.8) is 0 Å². The smallest absolute Gasteiger partial charge is 0.139 e. The van der Waals surface area contributed by atoms with Gasteiger partial charge in [-0.2, -0.15) is 0 Å². The zero-order valence-corrected chi connectivity index (χ0v) is 9.57. The first-order valence-corrected chi connectivity index (χ1v) is 5.49. The van der Waals surface area contributed by atoms with Crippen molar-refractivity contribution in [2.24, 2.45) is 0 Å². The third kappa shape index (κ3) is 1.86. The average molecular weight is 216 g/mol. The maximum Gasteiger partial charge on any atom is 0.139 e. The molecule has 0 bridgehead atoms. The van der Waals surface area contributed by atoms with Gasteiger partial charge in [-0.25, -0.2) is 4.98 Å². The molecule has 0 aliphatic carbocycles. The molecule has 1 atom stereocenters. The van der Waals surface area contributed by atoms with Crippen LogP contribution in [0.2, 0.25) is 0 Å². The minimum Gasteiger partial charge on any atom is -0.380 e. The van der Waals surface area contributed by atoms with Crippen molar-refractivity contribution in [3.05, 3.63) is 53.1 Å². The van der Waals surface area contributed by atoms with Gasteiger partial charge in [0.1, 0.15) is 11.9 Å². The lowest BCUT2D eigenvalue weighted by atomic mass is 9.95. The van der Waals surface area contributed by atoms with Gasteiger partial charge in [-0.1, -0.05) is 25.1 Å². The monoisotopic (exact) mass is 216 g/mol. The number of hydrogen-bond acceptors (Lipinski definition) is 2. The van der Waals surface area contributed by atoms with E-state index in [1.54, 1.807) is 12.4 Å². The summed E-state index contributed by atoms with van der Waals surface area (Å²) in [5.41, 5.74) is 3.24. The van der Waals surface area contributed by atoms with Gasteiger partial charge >= 0.3 is 0 Å². The van der Waals surface area contributed by atoms with E-state index in [2.05, 4.69) is 23.0 Å². The maximum atomic E-state index is 10.3. The molecule has 2 N–H and O–H groups in total. The van der Waals surface area contributed by atoms with Crippen LogP contribution in [0.4, 0.5) is 0 Å². The SMILES string of the molecule is CCc1cccc(C)c1C(O)c1ncc[nH]1.